The van der Waals surface area contributed by atoms with Crippen LogP contribution >= 0.6 is 11.8 Å². The normalized spacial score (nSPS) is 10.4. The Kier molecular flexibility index (Phi) is 5.23. The van der Waals surface area contributed by atoms with Crippen LogP contribution < -0.4 is 4.74 Å². The van der Waals surface area contributed by atoms with Gasteiger partial charge in [-0.2, -0.15) is 0 Å². The molecule has 2 aromatic carbocycles. The number of ether oxygens (including phenoxy) is 1. The van der Waals surface area contributed by atoms with Crippen molar-refractivity contribution in [3.63, 3.8) is 0 Å². The summed E-state index contributed by atoms with van der Waals surface area (Å²) in [6.45, 7) is 0. The topological polar surface area (TPSA) is 52.1 Å². The number of benzene rings is 2. The third-order valence-electron chi connectivity index (χ3n) is 3.47. The maximum absolute atomic E-state index is 12.1. The Morgan fingerprint density at radius 2 is 1.71 bits per heavy atom. The number of thioether (sulfide) groups is 1. The first-order valence-electron chi connectivity index (χ1n) is 7.45. The van der Waals surface area contributed by atoms with E-state index in [4.69, 9.17) is 4.74 Å². The van der Waals surface area contributed by atoms with Crippen molar-refractivity contribution in [2.24, 2.45) is 0 Å². The van der Waals surface area contributed by atoms with Gasteiger partial charge in [-0.15, -0.1) is 10.2 Å². The first-order chi connectivity index (χ1) is 11.8. The van der Waals surface area contributed by atoms with E-state index in [9.17, 15) is 4.79 Å². The Morgan fingerprint density at radius 3 is 2.33 bits per heavy atom. The molecule has 0 N–H and O–H groups in total. The fraction of sp³-hybridized carbons (Fsp3) is 0.105. The molecule has 0 atom stereocenters. The molecule has 0 aliphatic rings. The molecular formula is C19H16N2O2S. The Hall–Kier alpha value is -2.66. The van der Waals surface area contributed by atoms with Gasteiger partial charge in [-0.05, 0) is 36.4 Å². The highest BCUT2D eigenvalue weighted by molar-refractivity contribution is 7.99. The fourth-order valence-corrected chi connectivity index (χ4v) is 2.87. The summed E-state index contributed by atoms with van der Waals surface area (Å²) >= 11 is 1.39. The zero-order chi connectivity index (χ0) is 16.8. The number of carbonyl (C=O) groups excluding carboxylic acids is 1. The molecule has 120 valence electrons. The highest BCUT2D eigenvalue weighted by Crippen LogP contribution is 2.22. The van der Waals surface area contributed by atoms with Gasteiger partial charge in [-0.3, -0.25) is 4.79 Å². The molecule has 3 rings (SSSR count). The van der Waals surface area contributed by atoms with Gasteiger partial charge in [0.15, 0.2) is 5.78 Å². The van der Waals surface area contributed by atoms with Gasteiger partial charge in [0.05, 0.1) is 18.6 Å². The monoisotopic (exact) mass is 336 g/mol. The van der Waals surface area contributed by atoms with Crippen LogP contribution in [-0.4, -0.2) is 28.8 Å². The molecule has 0 aliphatic heterocycles. The molecule has 0 bridgehead atoms. The molecule has 1 aromatic heterocycles. The van der Waals surface area contributed by atoms with Crippen LogP contribution in [0.4, 0.5) is 0 Å². The van der Waals surface area contributed by atoms with Gasteiger partial charge in [-0.1, -0.05) is 42.1 Å². The number of methoxy groups -OCH3 is 1. The molecule has 0 saturated heterocycles. The molecule has 24 heavy (non-hydrogen) atoms. The van der Waals surface area contributed by atoms with Crippen molar-refractivity contribution >= 4 is 17.5 Å². The van der Waals surface area contributed by atoms with E-state index in [0.717, 1.165) is 22.0 Å². The smallest absolute Gasteiger partial charge is 0.173 e. The van der Waals surface area contributed by atoms with Crippen LogP contribution in [0.25, 0.3) is 11.3 Å². The number of ketones is 1. The van der Waals surface area contributed by atoms with E-state index in [0.29, 0.717) is 11.3 Å². The predicted octanol–water partition coefficient (Wildman–Crippen LogP) is 4.13. The molecule has 4 nitrogen and oxygen atoms in total. The summed E-state index contributed by atoms with van der Waals surface area (Å²) in [6, 6.07) is 20.7. The second kappa shape index (κ2) is 7.75. The lowest BCUT2D eigenvalue weighted by atomic mass is 10.1. The number of aromatic nitrogens is 2. The Balaban J connectivity index is 1.63. The van der Waals surface area contributed by atoms with Gasteiger partial charge in [0.25, 0.3) is 0 Å². The molecule has 0 saturated carbocycles. The summed E-state index contributed by atoms with van der Waals surface area (Å²) in [4.78, 5) is 12.1. The van der Waals surface area contributed by atoms with E-state index in [1.165, 1.54) is 11.8 Å². The van der Waals surface area contributed by atoms with Crippen LogP contribution in [0.3, 0.4) is 0 Å². The molecule has 0 radical (unpaired) electrons. The predicted molar refractivity (Wildman–Crippen MR) is 95.5 cm³/mol. The second-order valence-electron chi connectivity index (χ2n) is 5.06. The SMILES string of the molecule is COc1ccc(-c2ccc(SCC(=O)c3ccccc3)nn2)cc1. The van der Waals surface area contributed by atoms with E-state index < -0.39 is 0 Å². The summed E-state index contributed by atoms with van der Waals surface area (Å²) in [5, 5.41) is 9.16. The van der Waals surface area contributed by atoms with Gasteiger partial charge in [-0.25, -0.2) is 0 Å². The van der Waals surface area contributed by atoms with Gasteiger partial charge in [0.1, 0.15) is 10.8 Å². The van der Waals surface area contributed by atoms with Crippen molar-refractivity contribution in [3.8, 4) is 17.0 Å². The van der Waals surface area contributed by atoms with Crippen LogP contribution in [-0.2, 0) is 0 Å². The standard InChI is InChI=1S/C19H16N2O2S/c1-23-16-9-7-14(8-10-16)17-11-12-19(21-20-17)24-13-18(22)15-5-3-2-4-6-15/h2-12H,13H2,1H3. The minimum atomic E-state index is 0.0848. The number of carbonyl (C=O) groups is 1. The molecule has 0 fully saturated rings. The number of hydrogen-bond donors (Lipinski definition) is 0. The van der Waals surface area contributed by atoms with Crippen molar-refractivity contribution < 1.29 is 9.53 Å². The van der Waals surface area contributed by atoms with E-state index in [1.54, 1.807) is 7.11 Å². The molecular weight excluding hydrogens is 320 g/mol. The minimum Gasteiger partial charge on any atom is -0.497 e. The number of nitrogens with zero attached hydrogens (tertiary/aromatic N) is 2. The quantitative estimate of drug-likeness (QED) is 0.500. The van der Waals surface area contributed by atoms with E-state index in [-0.39, 0.29) is 5.78 Å². The van der Waals surface area contributed by atoms with Crippen LogP contribution in [0.15, 0.2) is 71.8 Å². The average Bonchev–Trinajstić information content (AvgIpc) is 2.67. The zero-order valence-electron chi connectivity index (χ0n) is 13.2. The van der Waals surface area contributed by atoms with Gasteiger partial charge >= 0.3 is 0 Å². The Bertz CT molecular complexity index is 803. The molecule has 0 spiro atoms. The first-order valence-corrected chi connectivity index (χ1v) is 8.44. The summed E-state index contributed by atoms with van der Waals surface area (Å²) in [7, 11) is 1.64. The van der Waals surface area contributed by atoms with Crippen molar-refractivity contribution in [1.29, 1.82) is 0 Å². The summed E-state index contributed by atoms with van der Waals surface area (Å²) in [5.41, 5.74) is 2.48. The largest absolute Gasteiger partial charge is 0.497 e. The lowest BCUT2D eigenvalue weighted by molar-refractivity contribution is 0.102. The lowest BCUT2D eigenvalue weighted by Crippen LogP contribution is -2.02. The van der Waals surface area contributed by atoms with Crippen molar-refractivity contribution in [2.45, 2.75) is 5.03 Å². The molecule has 3 aromatic rings. The summed E-state index contributed by atoms with van der Waals surface area (Å²) in [5.74, 6) is 1.24. The highest BCUT2D eigenvalue weighted by Gasteiger charge is 2.07. The van der Waals surface area contributed by atoms with Crippen molar-refractivity contribution in [3.05, 3.63) is 72.3 Å². The number of rotatable bonds is 6. The zero-order valence-corrected chi connectivity index (χ0v) is 14.0. The van der Waals surface area contributed by atoms with Crippen molar-refractivity contribution in [2.75, 3.05) is 12.9 Å². The number of Topliss-reactive ketones (excluding diaryl/α,β-unsaturated/α-hetero) is 1. The fourth-order valence-electron chi connectivity index (χ4n) is 2.16. The molecule has 5 heteroatoms. The van der Waals surface area contributed by atoms with Crippen LogP contribution in [0.1, 0.15) is 10.4 Å². The first kappa shape index (κ1) is 16.2. The molecule has 1 heterocycles. The van der Waals surface area contributed by atoms with Crippen LogP contribution in [0.2, 0.25) is 0 Å². The van der Waals surface area contributed by atoms with Crippen molar-refractivity contribution in [1.82, 2.24) is 10.2 Å². The van der Waals surface area contributed by atoms with E-state index in [2.05, 4.69) is 10.2 Å². The molecule has 0 unspecified atom stereocenters. The van der Waals surface area contributed by atoms with Crippen LogP contribution in [0, 0.1) is 0 Å². The Labute approximate surface area is 144 Å². The van der Waals surface area contributed by atoms with E-state index in [1.807, 2.05) is 66.7 Å². The average molecular weight is 336 g/mol. The second-order valence-corrected chi connectivity index (χ2v) is 6.06. The van der Waals surface area contributed by atoms with Gasteiger partial charge in [0, 0.05) is 11.1 Å². The lowest BCUT2D eigenvalue weighted by Gasteiger charge is -2.04. The minimum absolute atomic E-state index is 0.0848. The van der Waals surface area contributed by atoms with E-state index >= 15 is 0 Å². The summed E-state index contributed by atoms with van der Waals surface area (Å²) in [6.07, 6.45) is 0. The molecule has 0 aliphatic carbocycles. The Morgan fingerprint density at radius 1 is 0.958 bits per heavy atom. The number of hydrogen-bond acceptors (Lipinski definition) is 5. The highest BCUT2D eigenvalue weighted by atomic mass is 32.2. The van der Waals surface area contributed by atoms with Crippen LogP contribution in [0.5, 0.6) is 5.75 Å². The maximum atomic E-state index is 12.1. The maximum Gasteiger partial charge on any atom is 0.173 e. The van der Waals surface area contributed by atoms with Gasteiger partial charge < -0.3 is 4.74 Å². The summed E-state index contributed by atoms with van der Waals surface area (Å²) < 4.78 is 5.14. The third kappa shape index (κ3) is 4.00. The third-order valence-corrected chi connectivity index (χ3v) is 4.39. The molecule has 0 amide bonds. The van der Waals surface area contributed by atoms with Gasteiger partial charge in [0.2, 0.25) is 0 Å².